The zero-order chi connectivity index (χ0) is 13.8. The van der Waals surface area contributed by atoms with E-state index in [4.69, 9.17) is 5.73 Å². The van der Waals surface area contributed by atoms with Crippen LogP contribution in [0.2, 0.25) is 0 Å². The molecule has 2 N–H and O–H groups in total. The molecule has 104 valence electrons. The average molecular weight is 260 g/mol. The Kier molecular flexibility index (Phi) is 4.40. The number of rotatable bonds is 6. The first-order valence-electron chi connectivity index (χ1n) is 7.30. The molecule has 0 fully saturated rings. The first kappa shape index (κ1) is 13.8. The van der Waals surface area contributed by atoms with Crippen LogP contribution in [0, 0.1) is 6.92 Å². The summed E-state index contributed by atoms with van der Waals surface area (Å²) in [4.78, 5) is 0. The minimum atomic E-state index is 0.842. The van der Waals surface area contributed by atoms with Crippen molar-refractivity contribution in [1.82, 2.24) is 15.0 Å². The maximum absolute atomic E-state index is 6.24. The van der Waals surface area contributed by atoms with Crippen molar-refractivity contribution >= 4 is 16.7 Å². The van der Waals surface area contributed by atoms with Gasteiger partial charge in [0.2, 0.25) is 0 Å². The van der Waals surface area contributed by atoms with Gasteiger partial charge in [-0.1, -0.05) is 31.4 Å². The number of hydrogen-bond donors (Lipinski definition) is 1. The molecule has 4 nitrogen and oxygen atoms in total. The van der Waals surface area contributed by atoms with E-state index in [0.29, 0.717) is 0 Å². The molecule has 4 heteroatoms. The number of aromatic nitrogens is 3. The summed E-state index contributed by atoms with van der Waals surface area (Å²) < 4.78 is 1.94. The highest BCUT2D eigenvalue weighted by molar-refractivity contribution is 5.85. The van der Waals surface area contributed by atoms with Crippen LogP contribution in [0.15, 0.2) is 6.07 Å². The van der Waals surface area contributed by atoms with Gasteiger partial charge in [0.05, 0.1) is 5.52 Å². The van der Waals surface area contributed by atoms with E-state index < -0.39 is 0 Å². The van der Waals surface area contributed by atoms with Crippen LogP contribution >= 0.6 is 0 Å². The highest BCUT2D eigenvalue weighted by Crippen LogP contribution is 2.27. The van der Waals surface area contributed by atoms with Gasteiger partial charge in [-0.05, 0) is 38.3 Å². The molecular weight excluding hydrogens is 236 g/mol. The summed E-state index contributed by atoms with van der Waals surface area (Å²) >= 11 is 0. The highest BCUT2D eigenvalue weighted by Gasteiger charge is 2.12. The summed E-state index contributed by atoms with van der Waals surface area (Å²) in [7, 11) is 0. The summed E-state index contributed by atoms with van der Waals surface area (Å²) in [6.45, 7) is 7.20. The molecule has 0 atom stereocenters. The van der Waals surface area contributed by atoms with Crippen LogP contribution in [0.3, 0.4) is 0 Å². The van der Waals surface area contributed by atoms with Gasteiger partial charge in [0.15, 0.2) is 0 Å². The van der Waals surface area contributed by atoms with Crippen molar-refractivity contribution in [2.24, 2.45) is 0 Å². The molecule has 19 heavy (non-hydrogen) atoms. The fourth-order valence-corrected chi connectivity index (χ4v) is 2.52. The first-order chi connectivity index (χ1) is 9.19. The largest absolute Gasteiger partial charge is 0.398 e. The van der Waals surface area contributed by atoms with Gasteiger partial charge in [0, 0.05) is 17.8 Å². The second kappa shape index (κ2) is 6.04. The van der Waals surface area contributed by atoms with Crippen LogP contribution in [0.1, 0.15) is 50.7 Å². The van der Waals surface area contributed by atoms with E-state index in [1.165, 1.54) is 31.2 Å². The Hall–Kier alpha value is -1.58. The van der Waals surface area contributed by atoms with Crippen molar-refractivity contribution in [2.45, 2.75) is 59.4 Å². The number of fused-ring (bicyclic) bond motifs is 1. The Bertz CT molecular complexity index is 557. The number of nitrogens with two attached hydrogens (primary N) is 1. The Morgan fingerprint density at radius 1 is 1.21 bits per heavy atom. The smallest absolute Gasteiger partial charge is 0.118 e. The third-order valence-electron chi connectivity index (χ3n) is 3.79. The predicted octanol–water partition coefficient (Wildman–Crippen LogP) is 3.46. The topological polar surface area (TPSA) is 56.7 Å². The van der Waals surface area contributed by atoms with Crippen LogP contribution < -0.4 is 5.73 Å². The molecule has 0 aliphatic rings. The van der Waals surface area contributed by atoms with Crippen LogP contribution in [0.5, 0.6) is 0 Å². The highest BCUT2D eigenvalue weighted by atomic mass is 15.4. The average Bonchev–Trinajstić information content (AvgIpc) is 2.83. The Labute approximate surface area is 115 Å². The summed E-state index contributed by atoms with van der Waals surface area (Å²) in [6.07, 6.45) is 6.10. The van der Waals surface area contributed by atoms with Crippen LogP contribution in [0.4, 0.5) is 5.69 Å². The fourth-order valence-electron chi connectivity index (χ4n) is 2.52. The van der Waals surface area contributed by atoms with Gasteiger partial charge in [-0.25, -0.2) is 4.68 Å². The van der Waals surface area contributed by atoms with Gasteiger partial charge < -0.3 is 5.73 Å². The van der Waals surface area contributed by atoms with Gasteiger partial charge >= 0.3 is 0 Å². The molecule has 1 aromatic carbocycles. The van der Waals surface area contributed by atoms with Gasteiger partial charge in [-0.15, -0.1) is 5.10 Å². The molecule has 0 amide bonds. The van der Waals surface area contributed by atoms with E-state index in [0.717, 1.165) is 35.2 Å². The second-order valence-electron chi connectivity index (χ2n) is 5.16. The normalized spacial score (nSPS) is 11.3. The Balaban J connectivity index is 2.30. The molecule has 0 bridgehead atoms. The van der Waals surface area contributed by atoms with Gasteiger partial charge in [-0.3, -0.25) is 0 Å². The van der Waals surface area contributed by atoms with E-state index in [9.17, 15) is 0 Å². The van der Waals surface area contributed by atoms with Crippen molar-refractivity contribution in [3.63, 3.8) is 0 Å². The maximum Gasteiger partial charge on any atom is 0.118 e. The third-order valence-corrected chi connectivity index (χ3v) is 3.79. The number of nitrogens with zero attached hydrogens (tertiary/aromatic N) is 3. The van der Waals surface area contributed by atoms with Crippen LogP contribution in [0.25, 0.3) is 11.0 Å². The van der Waals surface area contributed by atoms with E-state index in [2.05, 4.69) is 30.2 Å². The third kappa shape index (κ3) is 2.72. The minimum Gasteiger partial charge on any atom is -0.398 e. The monoisotopic (exact) mass is 260 g/mol. The SMILES string of the molecule is CCCCCCc1cc2c(nnn2CC)c(C)c1N. The lowest BCUT2D eigenvalue weighted by Crippen LogP contribution is -2.01. The summed E-state index contributed by atoms with van der Waals surface area (Å²) in [6, 6.07) is 2.17. The van der Waals surface area contributed by atoms with Crippen molar-refractivity contribution in [2.75, 3.05) is 5.73 Å². The molecular formula is C15H24N4. The molecule has 0 saturated heterocycles. The molecule has 0 aliphatic heterocycles. The van der Waals surface area contributed by atoms with Crippen molar-refractivity contribution < 1.29 is 0 Å². The first-order valence-corrected chi connectivity index (χ1v) is 7.30. The van der Waals surface area contributed by atoms with Crippen LogP contribution in [-0.2, 0) is 13.0 Å². The molecule has 2 aromatic rings. The molecule has 0 unspecified atom stereocenters. The fraction of sp³-hybridized carbons (Fsp3) is 0.600. The Morgan fingerprint density at radius 3 is 2.68 bits per heavy atom. The lowest BCUT2D eigenvalue weighted by atomic mass is 10.0. The molecule has 1 heterocycles. The lowest BCUT2D eigenvalue weighted by Gasteiger charge is -2.10. The van der Waals surface area contributed by atoms with E-state index >= 15 is 0 Å². The van der Waals surface area contributed by atoms with Crippen molar-refractivity contribution in [1.29, 1.82) is 0 Å². The van der Waals surface area contributed by atoms with E-state index in [1.807, 2.05) is 11.6 Å². The number of anilines is 1. The summed E-state index contributed by atoms with van der Waals surface area (Å²) in [5, 5.41) is 8.41. The molecule has 0 saturated carbocycles. The number of unbranched alkanes of at least 4 members (excludes halogenated alkanes) is 3. The zero-order valence-electron chi connectivity index (χ0n) is 12.2. The molecule has 2 rings (SSSR count). The minimum absolute atomic E-state index is 0.842. The molecule has 1 aromatic heterocycles. The Morgan fingerprint density at radius 2 is 2.00 bits per heavy atom. The quantitative estimate of drug-likeness (QED) is 0.639. The second-order valence-corrected chi connectivity index (χ2v) is 5.16. The number of hydrogen-bond acceptors (Lipinski definition) is 3. The number of nitrogen functional groups attached to an aromatic ring is 1. The summed E-state index contributed by atoms with van der Waals surface area (Å²) in [5.41, 5.74) is 11.5. The standard InChI is InChI=1S/C15H24N4/c1-4-6-7-8-9-12-10-13-15(11(3)14(12)16)17-18-19(13)5-2/h10H,4-9,16H2,1-3H3. The number of benzene rings is 1. The lowest BCUT2D eigenvalue weighted by molar-refractivity contribution is 0.645. The van der Waals surface area contributed by atoms with Gasteiger partial charge in [-0.2, -0.15) is 0 Å². The molecule has 0 radical (unpaired) electrons. The van der Waals surface area contributed by atoms with Gasteiger partial charge in [0.1, 0.15) is 5.52 Å². The van der Waals surface area contributed by atoms with Gasteiger partial charge in [0.25, 0.3) is 0 Å². The molecule has 0 aliphatic carbocycles. The molecule has 0 spiro atoms. The zero-order valence-corrected chi connectivity index (χ0v) is 12.2. The predicted molar refractivity (Wildman–Crippen MR) is 80.2 cm³/mol. The maximum atomic E-state index is 6.24. The van der Waals surface area contributed by atoms with Crippen molar-refractivity contribution in [3.8, 4) is 0 Å². The van der Waals surface area contributed by atoms with E-state index in [-0.39, 0.29) is 0 Å². The summed E-state index contributed by atoms with van der Waals surface area (Å²) in [5.74, 6) is 0. The van der Waals surface area contributed by atoms with E-state index in [1.54, 1.807) is 0 Å². The van der Waals surface area contributed by atoms with Crippen molar-refractivity contribution in [3.05, 3.63) is 17.2 Å². The number of aryl methyl sites for hydroxylation is 3. The van der Waals surface area contributed by atoms with Crippen LogP contribution in [-0.4, -0.2) is 15.0 Å².